The van der Waals surface area contributed by atoms with Crippen molar-refractivity contribution in [3.05, 3.63) is 0 Å². The zero-order chi connectivity index (χ0) is 9.11. The number of rotatable bonds is 2. The molecule has 62 valence electrons. The molecule has 1 N–H and O–H groups in total. The summed E-state index contributed by atoms with van der Waals surface area (Å²) in [6.45, 7) is 4.49. The van der Waals surface area contributed by atoms with Gasteiger partial charge in [-0.3, -0.25) is 0 Å². The van der Waals surface area contributed by atoms with Gasteiger partial charge in [0.2, 0.25) is 0 Å². The van der Waals surface area contributed by atoms with E-state index in [2.05, 4.69) is 20.1 Å². The molecule has 0 aliphatic rings. The van der Waals surface area contributed by atoms with Crippen molar-refractivity contribution in [3.8, 4) is 12.4 Å². The zero-order valence-corrected chi connectivity index (χ0v) is 8.03. The molecule has 0 unspecified atom stereocenters. The molecule has 3 nitrogen and oxygen atoms in total. The Morgan fingerprint density at radius 1 is 1.18 bits per heavy atom. The van der Waals surface area contributed by atoms with Gasteiger partial charge < -0.3 is 0 Å². The van der Waals surface area contributed by atoms with E-state index in [1.165, 1.54) is 23.9 Å². The van der Waals surface area contributed by atoms with E-state index in [9.17, 15) is 0 Å². The highest BCUT2D eigenvalue weighted by Gasteiger charge is 1.98. The number of nitrogens with zero attached hydrogens (tertiary/aromatic N) is 2. The zero-order valence-electron chi connectivity index (χ0n) is 7.22. The van der Waals surface area contributed by atoms with Gasteiger partial charge in [0, 0.05) is 0 Å². The van der Waals surface area contributed by atoms with Crippen molar-refractivity contribution in [1.82, 2.24) is 5.32 Å². The molecule has 0 atom stereocenters. The Morgan fingerprint density at radius 2 is 1.55 bits per heavy atom. The normalized spacial score (nSPS) is 7.09. The summed E-state index contributed by atoms with van der Waals surface area (Å²) < 4.78 is 0. The third kappa shape index (κ3) is 17.6. The molecule has 0 bridgehead atoms. The van der Waals surface area contributed by atoms with Gasteiger partial charge in [-0.05, 0) is 24.7 Å². The number of nitriles is 2. The topological polar surface area (TPSA) is 59.6 Å². The van der Waals surface area contributed by atoms with Gasteiger partial charge in [-0.25, -0.2) is 5.32 Å². The van der Waals surface area contributed by atoms with Crippen LogP contribution in [0.25, 0.3) is 0 Å². The first-order valence-electron chi connectivity index (χ1n) is 3.35. The second kappa shape index (κ2) is 11.9. The van der Waals surface area contributed by atoms with Crippen LogP contribution in [0.5, 0.6) is 0 Å². The van der Waals surface area contributed by atoms with Crippen LogP contribution in [0.3, 0.4) is 0 Å². The largest absolute Gasteiger partial charge is 0.229 e. The van der Waals surface area contributed by atoms with Crippen molar-refractivity contribution in [1.29, 1.82) is 10.5 Å². The first kappa shape index (κ1) is 12.8. The molecule has 11 heavy (non-hydrogen) atoms. The minimum atomic E-state index is 0.716. The minimum Gasteiger partial charge on any atom is -0.229 e. The summed E-state index contributed by atoms with van der Waals surface area (Å²) in [7, 11) is 0.716. The molecule has 0 heterocycles. The molecule has 0 saturated carbocycles. The monoisotopic (exact) mass is 172 g/mol. The average Bonchev–Trinajstić information content (AvgIpc) is 2.06. The number of hydrogen-bond donors (Lipinski definition) is 1. The first-order valence-corrected chi connectivity index (χ1v) is 5.32. The van der Waals surface area contributed by atoms with Crippen molar-refractivity contribution in [2.45, 2.75) is 13.8 Å². The lowest BCUT2D eigenvalue weighted by molar-refractivity contribution is 1.20. The highest BCUT2D eigenvalue weighted by Crippen LogP contribution is 1.85. The molecular formula is C7H14N3S+. The molecule has 0 spiro atoms. The third-order valence-electron chi connectivity index (χ3n) is 1.10. The fraction of sp³-hybridized carbons (Fsp3) is 0.714. The van der Waals surface area contributed by atoms with Gasteiger partial charge in [-0.1, -0.05) is 0 Å². The fourth-order valence-corrected chi connectivity index (χ4v) is 0.637. The summed E-state index contributed by atoms with van der Waals surface area (Å²) in [5.74, 6) is 2.72. The molecule has 0 aromatic carbocycles. The number of hydrogen-bond acceptors (Lipinski definition) is 3. The highest BCUT2D eigenvalue weighted by atomic mass is 32.2. The van der Waals surface area contributed by atoms with Crippen LogP contribution in [0, 0.1) is 22.9 Å². The second-order valence-electron chi connectivity index (χ2n) is 1.71. The van der Waals surface area contributed by atoms with E-state index in [1.54, 1.807) is 5.32 Å². The van der Waals surface area contributed by atoms with Crippen LogP contribution in [-0.2, 0) is 10.9 Å². The van der Waals surface area contributed by atoms with Gasteiger partial charge in [0.1, 0.15) is 11.5 Å². The lowest BCUT2D eigenvalue weighted by atomic mass is 11.0. The Bertz CT molecular complexity index is 129. The van der Waals surface area contributed by atoms with Crippen molar-refractivity contribution in [2.75, 3.05) is 17.8 Å². The molecular weight excluding hydrogens is 158 g/mol. The molecule has 0 radical (unpaired) electrons. The maximum absolute atomic E-state index is 7.48. The van der Waals surface area contributed by atoms with Crippen LogP contribution >= 0.6 is 0 Å². The van der Waals surface area contributed by atoms with Crippen LogP contribution in [-0.4, -0.2) is 17.8 Å². The Kier molecular flexibility index (Phi) is 13.8. The van der Waals surface area contributed by atoms with Gasteiger partial charge in [0.15, 0.2) is 12.4 Å². The van der Waals surface area contributed by atoms with E-state index in [0.717, 1.165) is 0 Å². The summed E-state index contributed by atoms with van der Waals surface area (Å²) in [6, 6.07) is 0. The molecule has 0 aliphatic carbocycles. The maximum atomic E-state index is 7.48. The van der Waals surface area contributed by atoms with E-state index in [-0.39, 0.29) is 0 Å². The SMILES string of the molecule is CC[S+](C)CC.N#CNC#N. The Morgan fingerprint density at radius 3 is 1.55 bits per heavy atom. The Balaban J connectivity index is 0. The van der Waals surface area contributed by atoms with Crippen LogP contribution in [0.2, 0.25) is 0 Å². The lowest BCUT2D eigenvalue weighted by Gasteiger charge is -1.89. The third-order valence-corrected chi connectivity index (χ3v) is 3.07. The Labute approximate surface area is 71.4 Å². The van der Waals surface area contributed by atoms with Crippen molar-refractivity contribution in [3.63, 3.8) is 0 Å². The van der Waals surface area contributed by atoms with Crippen LogP contribution in [0.4, 0.5) is 0 Å². The van der Waals surface area contributed by atoms with Crippen molar-refractivity contribution < 1.29 is 0 Å². The van der Waals surface area contributed by atoms with E-state index >= 15 is 0 Å². The second-order valence-corrected chi connectivity index (χ2v) is 4.43. The standard InChI is InChI=1S/C5H13S.C2HN3/c1-4-6(3)5-2;3-1-5-2-4/h4-5H2,1-3H3;5H/q+1;. The molecule has 0 amide bonds. The van der Waals surface area contributed by atoms with E-state index < -0.39 is 0 Å². The summed E-state index contributed by atoms with van der Waals surface area (Å²) in [5.41, 5.74) is 0. The summed E-state index contributed by atoms with van der Waals surface area (Å²) in [5, 5.41) is 16.7. The average molecular weight is 172 g/mol. The molecule has 0 aromatic rings. The molecule has 0 fully saturated rings. The lowest BCUT2D eigenvalue weighted by Crippen LogP contribution is -2.02. The first-order chi connectivity index (χ1) is 5.22. The van der Waals surface area contributed by atoms with Crippen molar-refractivity contribution in [2.24, 2.45) is 0 Å². The predicted molar refractivity (Wildman–Crippen MR) is 48.7 cm³/mol. The van der Waals surface area contributed by atoms with Crippen molar-refractivity contribution >= 4 is 10.9 Å². The van der Waals surface area contributed by atoms with Crippen LogP contribution < -0.4 is 5.32 Å². The van der Waals surface area contributed by atoms with Gasteiger partial charge in [0.05, 0.1) is 6.26 Å². The summed E-state index contributed by atoms with van der Waals surface area (Å²) >= 11 is 0. The smallest absolute Gasteiger partial charge is 0.190 e. The number of nitrogens with one attached hydrogen (secondary N) is 1. The van der Waals surface area contributed by atoms with Gasteiger partial charge >= 0.3 is 0 Å². The fourth-order valence-electron chi connectivity index (χ4n) is 0.229. The molecule has 0 saturated heterocycles. The van der Waals surface area contributed by atoms with Crippen LogP contribution in [0.1, 0.15) is 13.8 Å². The quantitative estimate of drug-likeness (QED) is 0.381. The van der Waals surface area contributed by atoms with E-state index in [0.29, 0.717) is 10.9 Å². The van der Waals surface area contributed by atoms with Gasteiger partial charge in [-0.2, -0.15) is 10.5 Å². The van der Waals surface area contributed by atoms with E-state index in [1.807, 2.05) is 0 Å². The van der Waals surface area contributed by atoms with Crippen LogP contribution in [0.15, 0.2) is 0 Å². The summed E-state index contributed by atoms with van der Waals surface area (Å²) in [4.78, 5) is 0. The van der Waals surface area contributed by atoms with Gasteiger partial charge in [0.25, 0.3) is 0 Å². The Hall–Kier alpha value is -0.870. The molecule has 0 rings (SSSR count). The predicted octanol–water partition coefficient (Wildman–Crippen LogP) is 0.812. The minimum absolute atomic E-state index is 0.716. The van der Waals surface area contributed by atoms with E-state index in [4.69, 9.17) is 10.5 Å². The molecule has 0 aromatic heterocycles. The molecule has 0 aliphatic heterocycles. The summed E-state index contributed by atoms with van der Waals surface area (Å²) in [6.07, 6.45) is 5.12. The highest BCUT2D eigenvalue weighted by molar-refractivity contribution is 7.96. The van der Waals surface area contributed by atoms with Gasteiger partial charge in [-0.15, -0.1) is 0 Å². The molecule has 4 heteroatoms. The maximum Gasteiger partial charge on any atom is 0.190 e.